The fourth-order valence-electron chi connectivity index (χ4n) is 2.79. The first-order valence-electron chi connectivity index (χ1n) is 6.69. The van der Waals surface area contributed by atoms with Crippen LogP contribution in [0.1, 0.15) is 17.2 Å². The molecule has 4 rings (SSSR count). The van der Waals surface area contributed by atoms with Crippen molar-refractivity contribution in [2.24, 2.45) is 4.99 Å². The summed E-state index contributed by atoms with van der Waals surface area (Å²) in [6.45, 7) is 0.887. The highest BCUT2D eigenvalue weighted by Gasteiger charge is 2.28. The maximum absolute atomic E-state index is 5.95. The molecule has 0 aromatic heterocycles. The summed E-state index contributed by atoms with van der Waals surface area (Å²) in [6.07, 6.45) is 4.23. The van der Waals surface area contributed by atoms with Crippen LogP contribution in [-0.4, -0.2) is 12.4 Å². The molecule has 1 atom stereocenters. The molecule has 0 bridgehead atoms. The zero-order valence-corrected chi connectivity index (χ0v) is 11.6. The molecule has 0 aliphatic carbocycles. The molecule has 0 saturated heterocycles. The second-order valence-corrected chi connectivity index (χ2v) is 5.49. The zero-order chi connectivity index (χ0) is 13.5. The van der Waals surface area contributed by atoms with E-state index in [0.29, 0.717) is 0 Å². The lowest BCUT2D eigenvalue weighted by Gasteiger charge is -2.24. The number of aliphatic imine (C=N–C) groups is 1. The number of benzene rings is 2. The lowest BCUT2D eigenvalue weighted by molar-refractivity contribution is 0.780. The quantitative estimate of drug-likeness (QED) is 0.759. The van der Waals surface area contributed by atoms with Crippen molar-refractivity contribution in [3.05, 3.63) is 70.8 Å². The van der Waals surface area contributed by atoms with Crippen LogP contribution in [0.5, 0.6) is 0 Å². The van der Waals surface area contributed by atoms with Crippen LogP contribution < -0.4 is 4.90 Å². The van der Waals surface area contributed by atoms with Crippen LogP contribution >= 0.6 is 11.6 Å². The Morgan fingerprint density at radius 3 is 2.65 bits per heavy atom. The summed E-state index contributed by atoms with van der Waals surface area (Å²) in [7, 11) is 0. The highest BCUT2D eigenvalue weighted by atomic mass is 35.5. The number of nitrogens with zero attached hydrogens (tertiary/aromatic N) is 2. The third kappa shape index (κ3) is 1.84. The number of fused-ring (bicyclic) bond motifs is 3. The first-order valence-corrected chi connectivity index (χ1v) is 7.07. The topological polar surface area (TPSA) is 15.6 Å². The number of rotatable bonds is 1. The molecule has 2 aromatic rings. The zero-order valence-electron chi connectivity index (χ0n) is 10.8. The Balaban J connectivity index is 1.70. The van der Waals surface area contributed by atoms with Crippen LogP contribution in [0.25, 0.3) is 6.08 Å². The smallest absolute Gasteiger partial charge is 0.128 e. The van der Waals surface area contributed by atoms with E-state index >= 15 is 0 Å². The van der Waals surface area contributed by atoms with E-state index in [9.17, 15) is 0 Å². The molecule has 2 aromatic carbocycles. The molecule has 2 nitrogen and oxygen atoms in total. The molecule has 0 saturated carbocycles. The number of anilines is 1. The molecule has 98 valence electrons. The van der Waals surface area contributed by atoms with E-state index in [2.05, 4.69) is 53.5 Å². The molecule has 0 amide bonds. The normalized spacial score (nSPS) is 19.6. The maximum atomic E-state index is 5.95. The summed E-state index contributed by atoms with van der Waals surface area (Å²) in [5, 5.41) is 0.766. The van der Waals surface area contributed by atoms with Gasteiger partial charge in [0, 0.05) is 10.7 Å². The fourth-order valence-corrected chi connectivity index (χ4v) is 2.92. The molecular formula is C17H13ClN2. The molecule has 0 N–H and O–H groups in total. The van der Waals surface area contributed by atoms with Crippen molar-refractivity contribution in [3.8, 4) is 0 Å². The van der Waals surface area contributed by atoms with Crippen LogP contribution in [-0.2, 0) is 0 Å². The molecule has 2 aliphatic rings. The van der Waals surface area contributed by atoms with Gasteiger partial charge in [0.05, 0.1) is 12.6 Å². The van der Waals surface area contributed by atoms with Crippen LogP contribution in [0.15, 0.2) is 59.6 Å². The minimum Gasteiger partial charge on any atom is -0.324 e. The van der Waals surface area contributed by atoms with Gasteiger partial charge < -0.3 is 4.90 Å². The van der Waals surface area contributed by atoms with Crippen molar-refractivity contribution in [1.29, 1.82) is 0 Å². The Morgan fingerprint density at radius 1 is 1.00 bits per heavy atom. The predicted octanol–water partition coefficient (Wildman–Crippen LogP) is 4.33. The van der Waals surface area contributed by atoms with Gasteiger partial charge in [-0.05, 0) is 41.5 Å². The summed E-state index contributed by atoms with van der Waals surface area (Å²) in [5.74, 6) is 1.05. The number of hydrogen-bond acceptors (Lipinski definition) is 2. The first kappa shape index (κ1) is 11.7. The molecule has 0 unspecified atom stereocenters. The van der Waals surface area contributed by atoms with Crippen molar-refractivity contribution in [2.75, 3.05) is 11.4 Å². The van der Waals surface area contributed by atoms with Crippen molar-refractivity contribution in [2.45, 2.75) is 6.04 Å². The van der Waals surface area contributed by atoms with E-state index in [1.165, 1.54) is 16.8 Å². The summed E-state index contributed by atoms with van der Waals surface area (Å²) < 4.78 is 0. The fraction of sp³-hybridized carbons (Fsp3) is 0.118. The number of amidine groups is 1. The second-order valence-electron chi connectivity index (χ2n) is 5.06. The second kappa shape index (κ2) is 4.50. The molecular weight excluding hydrogens is 268 g/mol. The van der Waals surface area contributed by atoms with Gasteiger partial charge in [0.1, 0.15) is 5.84 Å². The third-order valence-corrected chi connectivity index (χ3v) is 4.07. The largest absolute Gasteiger partial charge is 0.324 e. The molecule has 20 heavy (non-hydrogen) atoms. The average molecular weight is 281 g/mol. The van der Waals surface area contributed by atoms with Crippen LogP contribution in [0.2, 0.25) is 5.02 Å². The maximum Gasteiger partial charge on any atom is 0.128 e. The minimum absolute atomic E-state index is 0.179. The highest BCUT2D eigenvalue weighted by Crippen LogP contribution is 2.34. The van der Waals surface area contributed by atoms with E-state index < -0.39 is 0 Å². The van der Waals surface area contributed by atoms with Gasteiger partial charge in [-0.25, -0.2) is 0 Å². The van der Waals surface area contributed by atoms with E-state index in [4.69, 9.17) is 16.6 Å². The summed E-state index contributed by atoms with van der Waals surface area (Å²) in [4.78, 5) is 7.11. The van der Waals surface area contributed by atoms with Crippen molar-refractivity contribution in [3.63, 3.8) is 0 Å². The van der Waals surface area contributed by atoms with Gasteiger partial charge in [-0.15, -0.1) is 0 Å². The Hall–Kier alpha value is -2.06. The predicted molar refractivity (Wildman–Crippen MR) is 84.5 cm³/mol. The molecule has 0 fully saturated rings. The first-order chi connectivity index (χ1) is 9.81. The van der Waals surface area contributed by atoms with Crippen molar-refractivity contribution in [1.82, 2.24) is 0 Å². The van der Waals surface area contributed by atoms with Gasteiger partial charge in [-0.1, -0.05) is 41.9 Å². The van der Waals surface area contributed by atoms with Crippen molar-refractivity contribution < 1.29 is 0 Å². The molecule has 2 heterocycles. The van der Waals surface area contributed by atoms with Gasteiger partial charge in [-0.2, -0.15) is 0 Å². The average Bonchev–Trinajstić information content (AvgIpc) is 2.92. The Morgan fingerprint density at radius 2 is 1.80 bits per heavy atom. The Labute approximate surface area is 123 Å². The van der Waals surface area contributed by atoms with Gasteiger partial charge in [0.25, 0.3) is 0 Å². The van der Waals surface area contributed by atoms with Gasteiger partial charge in [0.15, 0.2) is 0 Å². The van der Waals surface area contributed by atoms with Gasteiger partial charge in [-0.3, -0.25) is 4.99 Å². The van der Waals surface area contributed by atoms with Gasteiger partial charge >= 0.3 is 0 Å². The molecule has 3 heteroatoms. The lowest BCUT2D eigenvalue weighted by atomic mass is 10.1. The number of hydrogen-bond donors (Lipinski definition) is 0. The monoisotopic (exact) mass is 280 g/mol. The van der Waals surface area contributed by atoms with E-state index in [-0.39, 0.29) is 6.04 Å². The van der Waals surface area contributed by atoms with E-state index in [1.54, 1.807) is 0 Å². The van der Waals surface area contributed by atoms with Crippen LogP contribution in [0.4, 0.5) is 5.69 Å². The lowest BCUT2D eigenvalue weighted by Crippen LogP contribution is -2.28. The summed E-state index contributed by atoms with van der Waals surface area (Å²) in [5.41, 5.74) is 3.70. The van der Waals surface area contributed by atoms with E-state index in [1.807, 2.05) is 12.1 Å². The van der Waals surface area contributed by atoms with Crippen LogP contribution in [0, 0.1) is 0 Å². The number of para-hydroxylation sites is 1. The molecule has 2 aliphatic heterocycles. The van der Waals surface area contributed by atoms with Crippen LogP contribution in [0.3, 0.4) is 0 Å². The Kier molecular flexibility index (Phi) is 2.64. The summed E-state index contributed by atoms with van der Waals surface area (Å²) >= 11 is 5.95. The molecule has 0 spiro atoms. The summed E-state index contributed by atoms with van der Waals surface area (Å²) in [6, 6.07) is 16.6. The van der Waals surface area contributed by atoms with Crippen molar-refractivity contribution >= 4 is 29.2 Å². The SMILES string of the molecule is Clc1ccc([C@H]2CN3C(=N2)C=Cc2ccccc23)cc1. The molecule has 0 radical (unpaired) electrons. The number of halogens is 1. The standard InChI is InChI=1S/C17H13ClN2/c18-14-8-5-12(6-9-14)15-11-20-16-4-2-1-3-13(16)7-10-17(20)19-15/h1-10,15H,11H2/t15-/m1/s1. The van der Waals surface area contributed by atoms with E-state index in [0.717, 1.165) is 17.4 Å². The Bertz CT molecular complexity index is 716. The minimum atomic E-state index is 0.179. The third-order valence-electron chi connectivity index (χ3n) is 3.81. The highest BCUT2D eigenvalue weighted by molar-refractivity contribution is 6.30. The van der Waals surface area contributed by atoms with Gasteiger partial charge in [0.2, 0.25) is 0 Å².